The van der Waals surface area contributed by atoms with Gasteiger partial charge in [-0.3, -0.25) is 0 Å². The number of aromatic nitrogens is 4. The first-order valence-electron chi connectivity index (χ1n) is 10.1. The smallest absolute Gasteiger partial charge is 0.247 e. The number of para-hydroxylation sites is 1. The number of fused-ring (bicyclic) bond motifs is 1. The van der Waals surface area contributed by atoms with Gasteiger partial charge in [-0.25, -0.2) is 14.4 Å². The van der Waals surface area contributed by atoms with Gasteiger partial charge < -0.3 is 14.8 Å². The van der Waals surface area contributed by atoms with Crippen LogP contribution < -0.4 is 14.8 Å². The van der Waals surface area contributed by atoms with Crippen LogP contribution in [0.1, 0.15) is 19.4 Å². The Bertz CT molecular complexity index is 1180. The maximum absolute atomic E-state index is 13.1. The van der Waals surface area contributed by atoms with Crippen molar-refractivity contribution >= 4 is 17.1 Å². The minimum absolute atomic E-state index is 0.277. The average Bonchev–Trinajstić information content (AvgIpc) is 2.79. The Morgan fingerprint density at radius 3 is 2.45 bits per heavy atom. The summed E-state index contributed by atoms with van der Waals surface area (Å²) < 4.78 is 24.5. The number of hydrogen-bond acceptors (Lipinski definition) is 7. The van der Waals surface area contributed by atoms with E-state index in [4.69, 9.17) is 14.5 Å². The lowest BCUT2D eigenvalue weighted by molar-refractivity contribution is 0.330. The predicted octanol–water partition coefficient (Wildman–Crippen LogP) is 4.64. The second-order valence-electron chi connectivity index (χ2n) is 6.62. The largest absolute Gasteiger partial charge is 0.493 e. The fourth-order valence-corrected chi connectivity index (χ4v) is 3.07. The van der Waals surface area contributed by atoms with E-state index >= 15 is 0 Å². The van der Waals surface area contributed by atoms with Crippen LogP contribution in [-0.4, -0.2) is 33.1 Å². The monoisotopic (exact) mass is 419 g/mol. The van der Waals surface area contributed by atoms with E-state index in [1.807, 2.05) is 38.1 Å². The number of anilines is 1. The number of ether oxygens (including phenoxy) is 2. The van der Waals surface area contributed by atoms with Crippen molar-refractivity contribution in [2.24, 2.45) is 0 Å². The summed E-state index contributed by atoms with van der Waals surface area (Å²) in [6.45, 7) is 5.22. The SMILES string of the molecule is CCOc1ccccc1-c1cnc2nc(NCc3ccc(F)cc3)nc(OCC)c2n1. The maximum atomic E-state index is 13.1. The van der Waals surface area contributed by atoms with Crippen LogP contribution in [-0.2, 0) is 6.54 Å². The van der Waals surface area contributed by atoms with E-state index in [1.54, 1.807) is 18.3 Å². The molecule has 2 aromatic heterocycles. The van der Waals surface area contributed by atoms with Crippen molar-refractivity contribution in [3.8, 4) is 22.9 Å². The highest BCUT2D eigenvalue weighted by atomic mass is 19.1. The van der Waals surface area contributed by atoms with E-state index in [0.717, 1.165) is 16.9 Å². The second kappa shape index (κ2) is 9.34. The van der Waals surface area contributed by atoms with E-state index < -0.39 is 0 Å². The van der Waals surface area contributed by atoms with Crippen LogP contribution in [0, 0.1) is 5.82 Å². The Kier molecular flexibility index (Phi) is 6.16. The molecule has 0 fully saturated rings. The Balaban J connectivity index is 1.68. The van der Waals surface area contributed by atoms with E-state index in [9.17, 15) is 4.39 Å². The lowest BCUT2D eigenvalue weighted by atomic mass is 10.1. The highest BCUT2D eigenvalue weighted by Crippen LogP contribution is 2.30. The molecule has 0 aliphatic rings. The first-order chi connectivity index (χ1) is 15.2. The lowest BCUT2D eigenvalue weighted by Gasteiger charge is -2.12. The molecule has 0 aliphatic heterocycles. The third kappa shape index (κ3) is 4.69. The molecule has 7 nitrogen and oxygen atoms in total. The molecule has 0 radical (unpaired) electrons. The third-order valence-corrected chi connectivity index (χ3v) is 4.48. The van der Waals surface area contributed by atoms with Gasteiger partial charge in [-0.05, 0) is 43.7 Å². The fraction of sp³-hybridized carbons (Fsp3) is 0.217. The zero-order valence-corrected chi connectivity index (χ0v) is 17.3. The molecule has 158 valence electrons. The van der Waals surface area contributed by atoms with Crippen molar-refractivity contribution in [2.75, 3.05) is 18.5 Å². The molecule has 2 aromatic carbocycles. The summed E-state index contributed by atoms with van der Waals surface area (Å²) in [4.78, 5) is 18.1. The quantitative estimate of drug-likeness (QED) is 0.446. The summed E-state index contributed by atoms with van der Waals surface area (Å²) in [6, 6.07) is 13.9. The highest BCUT2D eigenvalue weighted by Gasteiger charge is 2.15. The standard InChI is InChI=1S/C23H22FN5O2/c1-3-30-19-8-6-5-7-17(19)18-14-25-21-20(27-18)22(31-4-2)29-23(28-21)26-13-15-9-11-16(24)12-10-15/h5-12,14H,3-4,13H2,1-2H3,(H,25,26,28,29). The van der Waals surface area contributed by atoms with Crippen LogP contribution in [0.25, 0.3) is 22.4 Å². The van der Waals surface area contributed by atoms with Crippen molar-refractivity contribution in [3.05, 3.63) is 66.1 Å². The molecule has 0 unspecified atom stereocenters. The summed E-state index contributed by atoms with van der Waals surface area (Å²) in [7, 11) is 0. The van der Waals surface area contributed by atoms with Crippen molar-refractivity contribution < 1.29 is 13.9 Å². The van der Waals surface area contributed by atoms with Gasteiger partial charge in [0.1, 0.15) is 11.6 Å². The van der Waals surface area contributed by atoms with Gasteiger partial charge in [0.05, 0.1) is 25.1 Å². The van der Waals surface area contributed by atoms with Crippen LogP contribution in [0.2, 0.25) is 0 Å². The van der Waals surface area contributed by atoms with Crippen molar-refractivity contribution in [1.29, 1.82) is 0 Å². The third-order valence-electron chi connectivity index (χ3n) is 4.48. The van der Waals surface area contributed by atoms with Gasteiger partial charge in [-0.2, -0.15) is 9.97 Å². The molecule has 2 heterocycles. The second-order valence-corrected chi connectivity index (χ2v) is 6.62. The van der Waals surface area contributed by atoms with Gasteiger partial charge in [0, 0.05) is 12.1 Å². The van der Waals surface area contributed by atoms with Gasteiger partial charge in [0.25, 0.3) is 0 Å². The summed E-state index contributed by atoms with van der Waals surface area (Å²) in [5, 5.41) is 3.13. The molecule has 0 bridgehead atoms. The minimum atomic E-state index is -0.277. The lowest BCUT2D eigenvalue weighted by Crippen LogP contribution is -2.07. The van der Waals surface area contributed by atoms with Crippen LogP contribution in [0.3, 0.4) is 0 Å². The van der Waals surface area contributed by atoms with Crippen LogP contribution in [0.5, 0.6) is 11.6 Å². The molecule has 1 N–H and O–H groups in total. The zero-order valence-electron chi connectivity index (χ0n) is 17.3. The molecule has 4 rings (SSSR count). The molecular formula is C23H22FN5O2. The Morgan fingerprint density at radius 2 is 1.68 bits per heavy atom. The Hall–Kier alpha value is -3.81. The van der Waals surface area contributed by atoms with Crippen molar-refractivity contribution in [3.63, 3.8) is 0 Å². The Morgan fingerprint density at radius 1 is 0.903 bits per heavy atom. The number of hydrogen-bond donors (Lipinski definition) is 1. The number of benzene rings is 2. The zero-order chi connectivity index (χ0) is 21.6. The maximum Gasteiger partial charge on any atom is 0.247 e. The van der Waals surface area contributed by atoms with Crippen LogP contribution >= 0.6 is 0 Å². The van der Waals surface area contributed by atoms with E-state index in [1.165, 1.54) is 12.1 Å². The molecule has 0 amide bonds. The molecule has 0 spiro atoms. The molecule has 0 saturated heterocycles. The predicted molar refractivity (Wildman–Crippen MR) is 117 cm³/mol. The van der Waals surface area contributed by atoms with Crippen LogP contribution in [0.15, 0.2) is 54.7 Å². The van der Waals surface area contributed by atoms with Crippen molar-refractivity contribution in [1.82, 2.24) is 19.9 Å². The van der Waals surface area contributed by atoms with E-state index in [0.29, 0.717) is 48.4 Å². The van der Waals surface area contributed by atoms with Gasteiger partial charge in [-0.1, -0.05) is 24.3 Å². The molecule has 31 heavy (non-hydrogen) atoms. The number of rotatable bonds is 8. The average molecular weight is 419 g/mol. The van der Waals surface area contributed by atoms with Gasteiger partial charge in [0.15, 0.2) is 11.2 Å². The molecule has 8 heteroatoms. The number of halogens is 1. The van der Waals surface area contributed by atoms with Gasteiger partial charge >= 0.3 is 0 Å². The number of nitrogens with one attached hydrogen (secondary N) is 1. The van der Waals surface area contributed by atoms with Crippen molar-refractivity contribution in [2.45, 2.75) is 20.4 Å². The highest BCUT2D eigenvalue weighted by molar-refractivity contribution is 5.80. The van der Waals surface area contributed by atoms with E-state index in [2.05, 4.69) is 20.3 Å². The van der Waals surface area contributed by atoms with Crippen LogP contribution in [0.4, 0.5) is 10.3 Å². The Labute approximate surface area is 179 Å². The fourth-order valence-electron chi connectivity index (χ4n) is 3.07. The number of nitrogens with zero attached hydrogens (tertiary/aromatic N) is 4. The summed E-state index contributed by atoms with van der Waals surface area (Å²) in [5.41, 5.74) is 3.26. The molecular weight excluding hydrogens is 397 g/mol. The topological polar surface area (TPSA) is 82.1 Å². The molecule has 0 atom stereocenters. The van der Waals surface area contributed by atoms with Gasteiger partial charge in [0.2, 0.25) is 11.8 Å². The molecule has 0 aliphatic carbocycles. The minimum Gasteiger partial charge on any atom is -0.493 e. The molecule has 0 saturated carbocycles. The first kappa shape index (κ1) is 20.5. The molecule has 4 aromatic rings. The summed E-state index contributed by atoms with van der Waals surface area (Å²) in [6.07, 6.45) is 1.66. The summed E-state index contributed by atoms with van der Waals surface area (Å²) in [5.74, 6) is 1.16. The van der Waals surface area contributed by atoms with Gasteiger partial charge in [-0.15, -0.1) is 0 Å². The summed E-state index contributed by atoms with van der Waals surface area (Å²) >= 11 is 0. The first-order valence-corrected chi connectivity index (χ1v) is 10.1. The normalized spacial score (nSPS) is 10.8. The van der Waals surface area contributed by atoms with E-state index in [-0.39, 0.29) is 5.82 Å².